The van der Waals surface area contributed by atoms with Crippen LogP contribution in [-0.2, 0) is 0 Å². The van der Waals surface area contributed by atoms with Crippen LogP contribution in [0.2, 0.25) is 0 Å². The summed E-state index contributed by atoms with van der Waals surface area (Å²) < 4.78 is 0. The fourth-order valence-corrected chi connectivity index (χ4v) is 3.91. The molecule has 0 aromatic heterocycles. The van der Waals surface area contributed by atoms with Gasteiger partial charge in [0.15, 0.2) is 0 Å². The van der Waals surface area contributed by atoms with Crippen molar-refractivity contribution in [2.75, 3.05) is 33.2 Å². The molecule has 0 aromatic rings. The Morgan fingerprint density at radius 2 is 2.12 bits per heavy atom. The molecule has 1 saturated carbocycles. The highest BCUT2D eigenvalue weighted by Gasteiger charge is 2.51. The molecule has 2 N–H and O–H groups in total. The fraction of sp³-hybridized carbons (Fsp3) is 1.00. The summed E-state index contributed by atoms with van der Waals surface area (Å²) in [4.78, 5) is 5.29. The molecule has 0 radical (unpaired) electrons. The third kappa shape index (κ3) is 1.60. The van der Waals surface area contributed by atoms with Crippen molar-refractivity contribution >= 4 is 0 Å². The molecular weight excluding hydrogens is 198 g/mol. The molecule has 1 aliphatic carbocycles. The summed E-state index contributed by atoms with van der Waals surface area (Å²) in [5.74, 6) is 0.976. The first-order valence-electron chi connectivity index (χ1n) is 6.91. The lowest BCUT2D eigenvalue weighted by Gasteiger charge is -2.42. The molecule has 16 heavy (non-hydrogen) atoms. The number of hydrogen-bond donors (Lipinski definition) is 1. The molecule has 3 aliphatic rings. The van der Waals surface area contributed by atoms with Crippen molar-refractivity contribution in [3.05, 3.63) is 0 Å². The molecule has 2 aliphatic heterocycles. The van der Waals surface area contributed by atoms with Crippen LogP contribution >= 0.6 is 0 Å². The second-order valence-electron chi connectivity index (χ2n) is 6.08. The van der Waals surface area contributed by atoms with E-state index >= 15 is 0 Å². The molecule has 3 fully saturated rings. The third-order valence-corrected chi connectivity index (χ3v) is 5.16. The molecule has 0 bridgehead atoms. The maximum atomic E-state index is 6.15. The highest BCUT2D eigenvalue weighted by molar-refractivity contribution is 5.09. The van der Waals surface area contributed by atoms with E-state index in [0.29, 0.717) is 5.54 Å². The van der Waals surface area contributed by atoms with Gasteiger partial charge < -0.3 is 5.73 Å². The van der Waals surface area contributed by atoms with Gasteiger partial charge in [0.05, 0.1) is 0 Å². The van der Waals surface area contributed by atoms with Gasteiger partial charge in [-0.1, -0.05) is 0 Å². The number of rotatable bonds is 4. The minimum Gasteiger partial charge on any atom is -0.329 e. The van der Waals surface area contributed by atoms with Gasteiger partial charge in [-0.2, -0.15) is 0 Å². The van der Waals surface area contributed by atoms with Gasteiger partial charge in [-0.05, 0) is 51.6 Å². The Balaban J connectivity index is 1.75. The van der Waals surface area contributed by atoms with E-state index < -0.39 is 0 Å². The van der Waals surface area contributed by atoms with Gasteiger partial charge in [-0.15, -0.1) is 0 Å². The molecule has 0 aromatic carbocycles. The molecule has 2 heterocycles. The van der Waals surface area contributed by atoms with Crippen LogP contribution in [0.1, 0.15) is 32.1 Å². The second-order valence-corrected chi connectivity index (χ2v) is 6.08. The average Bonchev–Trinajstić information content (AvgIpc) is 2.84. The Hall–Kier alpha value is -0.120. The molecule has 2 unspecified atom stereocenters. The lowest BCUT2D eigenvalue weighted by atomic mass is 9.87. The van der Waals surface area contributed by atoms with Crippen LogP contribution in [0.15, 0.2) is 0 Å². The Morgan fingerprint density at radius 1 is 1.31 bits per heavy atom. The van der Waals surface area contributed by atoms with E-state index in [-0.39, 0.29) is 0 Å². The number of hydrogen-bond acceptors (Lipinski definition) is 3. The van der Waals surface area contributed by atoms with Crippen molar-refractivity contribution in [2.45, 2.75) is 43.7 Å². The van der Waals surface area contributed by atoms with Crippen molar-refractivity contribution in [3.8, 4) is 0 Å². The summed E-state index contributed by atoms with van der Waals surface area (Å²) >= 11 is 0. The van der Waals surface area contributed by atoms with Gasteiger partial charge in [0.1, 0.15) is 0 Å². The summed E-state index contributed by atoms with van der Waals surface area (Å²) in [5, 5.41) is 0. The van der Waals surface area contributed by atoms with E-state index in [4.69, 9.17) is 5.73 Å². The number of nitrogens with two attached hydrogens (primary N) is 1. The second kappa shape index (κ2) is 3.97. The minimum absolute atomic E-state index is 0.305. The first kappa shape index (κ1) is 11.0. The summed E-state index contributed by atoms with van der Waals surface area (Å²) in [7, 11) is 2.31. The fourth-order valence-electron chi connectivity index (χ4n) is 3.91. The molecule has 0 amide bonds. The standard InChI is InChI=1S/C13H25N3/c1-15(9-11-4-5-11)13(10-14)6-8-16-7-2-3-12(13)16/h11-12H,2-10,14H2,1H3. The normalized spacial score (nSPS) is 39.6. The lowest BCUT2D eigenvalue weighted by Crippen LogP contribution is -2.58. The average molecular weight is 223 g/mol. The molecule has 3 rings (SSSR count). The molecule has 0 spiro atoms. The van der Waals surface area contributed by atoms with Crippen LogP contribution in [0.5, 0.6) is 0 Å². The van der Waals surface area contributed by atoms with E-state index in [1.807, 2.05) is 0 Å². The predicted octanol–water partition coefficient (Wildman–Crippen LogP) is 0.894. The first-order chi connectivity index (χ1) is 7.76. The zero-order valence-electron chi connectivity index (χ0n) is 10.5. The van der Waals surface area contributed by atoms with E-state index in [0.717, 1.165) is 18.5 Å². The van der Waals surface area contributed by atoms with Crippen molar-refractivity contribution in [3.63, 3.8) is 0 Å². The molecule has 3 nitrogen and oxygen atoms in total. The number of fused-ring (bicyclic) bond motifs is 1. The summed E-state index contributed by atoms with van der Waals surface area (Å²) in [6.07, 6.45) is 6.92. The van der Waals surface area contributed by atoms with Crippen molar-refractivity contribution in [1.82, 2.24) is 9.80 Å². The van der Waals surface area contributed by atoms with E-state index in [1.165, 1.54) is 51.7 Å². The van der Waals surface area contributed by atoms with Gasteiger partial charge in [-0.25, -0.2) is 0 Å². The van der Waals surface area contributed by atoms with Crippen molar-refractivity contribution < 1.29 is 0 Å². The van der Waals surface area contributed by atoms with Crippen LogP contribution in [0.4, 0.5) is 0 Å². The molecule has 2 saturated heterocycles. The van der Waals surface area contributed by atoms with E-state index in [1.54, 1.807) is 0 Å². The van der Waals surface area contributed by atoms with Gasteiger partial charge in [-0.3, -0.25) is 9.80 Å². The molecule has 2 atom stereocenters. The van der Waals surface area contributed by atoms with Gasteiger partial charge in [0.2, 0.25) is 0 Å². The molecular formula is C13H25N3. The minimum atomic E-state index is 0.305. The highest BCUT2D eigenvalue weighted by Crippen LogP contribution is 2.41. The van der Waals surface area contributed by atoms with Crippen LogP contribution < -0.4 is 5.73 Å². The largest absolute Gasteiger partial charge is 0.329 e. The van der Waals surface area contributed by atoms with Crippen molar-refractivity contribution in [2.24, 2.45) is 11.7 Å². The topological polar surface area (TPSA) is 32.5 Å². The zero-order valence-corrected chi connectivity index (χ0v) is 10.5. The van der Waals surface area contributed by atoms with Crippen molar-refractivity contribution in [1.29, 1.82) is 0 Å². The monoisotopic (exact) mass is 223 g/mol. The number of likely N-dealkylation sites (N-methyl/N-ethyl adjacent to an activating group) is 1. The summed E-state index contributed by atoms with van der Waals surface area (Å²) in [6.45, 7) is 4.71. The lowest BCUT2D eigenvalue weighted by molar-refractivity contribution is 0.0864. The van der Waals surface area contributed by atoms with Crippen LogP contribution in [-0.4, -0.2) is 54.6 Å². The highest BCUT2D eigenvalue weighted by atomic mass is 15.3. The van der Waals surface area contributed by atoms with Gasteiger partial charge in [0, 0.05) is 31.2 Å². The Labute approximate surface area is 99.0 Å². The first-order valence-corrected chi connectivity index (χ1v) is 6.91. The smallest absolute Gasteiger partial charge is 0.0496 e. The van der Waals surface area contributed by atoms with Crippen LogP contribution in [0.3, 0.4) is 0 Å². The predicted molar refractivity (Wildman–Crippen MR) is 66.4 cm³/mol. The maximum Gasteiger partial charge on any atom is 0.0496 e. The van der Waals surface area contributed by atoms with E-state index in [9.17, 15) is 0 Å². The van der Waals surface area contributed by atoms with E-state index in [2.05, 4.69) is 16.8 Å². The number of nitrogens with zero attached hydrogens (tertiary/aromatic N) is 2. The Morgan fingerprint density at radius 3 is 2.81 bits per heavy atom. The quantitative estimate of drug-likeness (QED) is 0.768. The summed E-state index contributed by atoms with van der Waals surface area (Å²) in [5.41, 5.74) is 6.46. The zero-order chi connectivity index (χ0) is 11.2. The molecule has 92 valence electrons. The Bertz CT molecular complexity index is 264. The van der Waals surface area contributed by atoms with Gasteiger partial charge >= 0.3 is 0 Å². The van der Waals surface area contributed by atoms with Gasteiger partial charge in [0.25, 0.3) is 0 Å². The molecule has 3 heteroatoms. The van der Waals surface area contributed by atoms with Crippen LogP contribution in [0.25, 0.3) is 0 Å². The SMILES string of the molecule is CN(CC1CC1)C1(CN)CCN2CCCC21. The maximum absolute atomic E-state index is 6.15. The third-order valence-electron chi connectivity index (χ3n) is 5.16. The summed E-state index contributed by atoms with van der Waals surface area (Å²) in [6, 6.07) is 0.751. The van der Waals surface area contributed by atoms with Crippen LogP contribution in [0, 0.1) is 5.92 Å². The Kier molecular flexibility index (Phi) is 2.73.